The van der Waals surface area contributed by atoms with E-state index in [1.54, 1.807) is 0 Å². The van der Waals surface area contributed by atoms with Gasteiger partial charge in [0.2, 0.25) is 0 Å². The van der Waals surface area contributed by atoms with Gasteiger partial charge in [-0.3, -0.25) is 4.90 Å². The van der Waals surface area contributed by atoms with E-state index >= 15 is 0 Å². The first kappa shape index (κ1) is 17.6. The number of rotatable bonds is 6. The van der Waals surface area contributed by atoms with E-state index < -0.39 is 0 Å². The lowest BCUT2D eigenvalue weighted by atomic mass is 10.2. The third-order valence-corrected chi connectivity index (χ3v) is 4.49. The number of nitrogens with one attached hydrogen (secondary N) is 1. The molecule has 2 unspecified atom stereocenters. The van der Waals surface area contributed by atoms with Gasteiger partial charge in [-0.15, -0.1) is 0 Å². The van der Waals surface area contributed by atoms with Gasteiger partial charge in [-0.25, -0.2) is 0 Å². The van der Waals surface area contributed by atoms with Crippen LogP contribution in [0.2, 0.25) is 0 Å². The Morgan fingerprint density at radius 3 is 3.04 bits per heavy atom. The molecule has 0 saturated carbocycles. The first-order valence-corrected chi connectivity index (χ1v) is 8.85. The fourth-order valence-corrected chi connectivity index (χ4v) is 2.73. The van der Waals surface area contributed by atoms with Crippen molar-refractivity contribution in [3.63, 3.8) is 0 Å². The molecule has 0 bridgehead atoms. The van der Waals surface area contributed by atoms with Crippen LogP contribution in [0.5, 0.6) is 5.75 Å². The molecule has 6 heteroatoms. The number of ether oxygens (including phenoxy) is 1. The van der Waals surface area contributed by atoms with Crippen LogP contribution in [-0.4, -0.2) is 47.8 Å². The fourth-order valence-electron chi connectivity index (χ4n) is 2.73. The van der Waals surface area contributed by atoms with E-state index in [1.807, 2.05) is 36.4 Å². The summed E-state index contributed by atoms with van der Waals surface area (Å²) in [7, 11) is 2.08. The summed E-state index contributed by atoms with van der Waals surface area (Å²) >= 11 is 0. The lowest BCUT2D eigenvalue weighted by Crippen LogP contribution is -2.44. The minimum Gasteiger partial charge on any atom is -0.490 e. The fraction of sp³-hybridized carbons (Fsp3) is 0.474. The summed E-state index contributed by atoms with van der Waals surface area (Å²) in [5, 5.41) is 7.50. The van der Waals surface area contributed by atoms with Crippen molar-refractivity contribution in [2.45, 2.75) is 32.4 Å². The van der Waals surface area contributed by atoms with Crippen LogP contribution >= 0.6 is 0 Å². The van der Waals surface area contributed by atoms with Gasteiger partial charge in [0, 0.05) is 31.3 Å². The van der Waals surface area contributed by atoms with Gasteiger partial charge in [0.15, 0.2) is 5.82 Å². The minimum absolute atomic E-state index is 0.153. The molecule has 1 aliphatic heterocycles. The topological polar surface area (TPSA) is 63.4 Å². The van der Waals surface area contributed by atoms with Gasteiger partial charge in [0.05, 0.1) is 12.1 Å². The first-order chi connectivity index (χ1) is 12.2. The molecule has 0 amide bonds. The Balaban J connectivity index is 1.73. The van der Waals surface area contributed by atoms with Crippen molar-refractivity contribution in [3.8, 4) is 5.75 Å². The Morgan fingerprint density at radius 1 is 1.40 bits per heavy atom. The Labute approximate surface area is 148 Å². The average molecular weight is 342 g/mol. The summed E-state index contributed by atoms with van der Waals surface area (Å²) in [4.78, 5) is 6.76. The summed E-state index contributed by atoms with van der Waals surface area (Å²) in [6, 6.07) is 8.12. The number of hydrogen-bond acceptors (Lipinski definition) is 6. The third kappa shape index (κ3) is 4.46. The van der Waals surface area contributed by atoms with Crippen LogP contribution in [0.4, 0.5) is 0 Å². The molecule has 0 aliphatic carbocycles. The predicted molar refractivity (Wildman–Crippen MR) is 98.3 cm³/mol. The smallest absolute Gasteiger partial charge is 0.250 e. The zero-order valence-electron chi connectivity index (χ0n) is 15.1. The van der Waals surface area contributed by atoms with Crippen molar-refractivity contribution in [1.82, 2.24) is 20.4 Å². The third-order valence-electron chi connectivity index (χ3n) is 4.49. The molecule has 1 aromatic carbocycles. The average Bonchev–Trinajstić information content (AvgIpc) is 3.10. The van der Waals surface area contributed by atoms with Gasteiger partial charge in [-0.05, 0) is 32.5 Å². The maximum atomic E-state index is 5.96. The van der Waals surface area contributed by atoms with Crippen LogP contribution in [0.15, 0.2) is 28.8 Å². The second-order valence-corrected chi connectivity index (χ2v) is 6.40. The van der Waals surface area contributed by atoms with Crippen LogP contribution in [0.25, 0.3) is 12.2 Å². The monoisotopic (exact) mass is 342 g/mol. The lowest BCUT2D eigenvalue weighted by molar-refractivity contribution is 0.190. The molecule has 2 aromatic rings. The molecule has 1 saturated heterocycles. The van der Waals surface area contributed by atoms with Crippen molar-refractivity contribution < 1.29 is 9.26 Å². The first-order valence-electron chi connectivity index (χ1n) is 8.85. The summed E-state index contributed by atoms with van der Waals surface area (Å²) in [5.74, 6) is 2.09. The summed E-state index contributed by atoms with van der Waals surface area (Å²) in [6.45, 7) is 6.99. The number of aromatic nitrogens is 2. The number of para-hydroxylation sites is 1. The van der Waals surface area contributed by atoms with Gasteiger partial charge < -0.3 is 14.6 Å². The van der Waals surface area contributed by atoms with Crippen LogP contribution < -0.4 is 10.1 Å². The van der Waals surface area contributed by atoms with Crippen LogP contribution in [0.3, 0.4) is 0 Å². The van der Waals surface area contributed by atoms with Gasteiger partial charge in [0.1, 0.15) is 5.75 Å². The van der Waals surface area contributed by atoms with Crippen molar-refractivity contribution >= 4 is 12.2 Å². The van der Waals surface area contributed by atoms with Crippen LogP contribution in [0.1, 0.15) is 43.6 Å². The molecule has 1 aromatic heterocycles. The van der Waals surface area contributed by atoms with E-state index in [9.17, 15) is 0 Å². The summed E-state index contributed by atoms with van der Waals surface area (Å²) in [6.07, 6.45) is 4.94. The Morgan fingerprint density at radius 2 is 2.24 bits per heavy atom. The number of piperazine rings is 1. The standard InChI is InChI=1S/C19H26N4O2/c1-4-14(2)24-17-8-6-5-7-15(17)9-10-18-21-19(22-25-18)16-13-20-11-12-23(16)3/h5-10,14,16,20H,4,11-13H2,1-3H3/b10-9+. The van der Waals surface area contributed by atoms with Crippen molar-refractivity contribution in [1.29, 1.82) is 0 Å². The molecule has 134 valence electrons. The zero-order valence-corrected chi connectivity index (χ0v) is 15.1. The lowest BCUT2D eigenvalue weighted by Gasteiger charge is -2.30. The quantitative estimate of drug-likeness (QED) is 0.871. The van der Waals surface area contributed by atoms with E-state index in [4.69, 9.17) is 9.26 Å². The highest BCUT2D eigenvalue weighted by molar-refractivity contribution is 5.69. The molecule has 1 aliphatic rings. The van der Waals surface area contributed by atoms with E-state index in [-0.39, 0.29) is 12.1 Å². The van der Waals surface area contributed by atoms with Gasteiger partial charge in [-0.2, -0.15) is 4.98 Å². The number of benzene rings is 1. The van der Waals surface area contributed by atoms with E-state index in [2.05, 4.69) is 41.3 Å². The Kier molecular flexibility index (Phi) is 5.83. The molecular formula is C19H26N4O2. The Hall–Kier alpha value is -2.18. The predicted octanol–water partition coefficient (Wildman–Crippen LogP) is 2.99. The highest BCUT2D eigenvalue weighted by Crippen LogP contribution is 2.23. The molecule has 6 nitrogen and oxygen atoms in total. The molecule has 25 heavy (non-hydrogen) atoms. The second kappa shape index (κ2) is 8.27. The van der Waals surface area contributed by atoms with Gasteiger partial charge in [0.25, 0.3) is 5.89 Å². The van der Waals surface area contributed by atoms with E-state index in [1.165, 1.54) is 0 Å². The van der Waals surface area contributed by atoms with Crippen molar-refractivity contribution in [2.75, 3.05) is 26.7 Å². The summed E-state index contributed by atoms with van der Waals surface area (Å²) < 4.78 is 11.4. The highest BCUT2D eigenvalue weighted by Gasteiger charge is 2.24. The molecule has 1 fully saturated rings. The second-order valence-electron chi connectivity index (χ2n) is 6.40. The van der Waals surface area contributed by atoms with E-state index in [0.29, 0.717) is 5.89 Å². The zero-order chi connectivity index (χ0) is 17.6. The van der Waals surface area contributed by atoms with Crippen LogP contribution in [-0.2, 0) is 0 Å². The number of nitrogens with zero attached hydrogens (tertiary/aromatic N) is 3. The number of hydrogen-bond donors (Lipinski definition) is 1. The maximum absolute atomic E-state index is 5.96. The Bertz CT molecular complexity index is 713. The molecule has 0 radical (unpaired) electrons. The highest BCUT2D eigenvalue weighted by atomic mass is 16.5. The summed E-state index contributed by atoms with van der Waals surface area (Å²) in [5.41, 5.74) is 0.999. The number of likely N-dealkylation sites (N-methyl/N-ethyl adjacent to an activating group) is 1. The van der Waals surface area contributed by atoms with E-state index in [0.717, 1.165) is 43.2 Å². The normalized spacial score (nSPS) is 20.0. The van der Waals surface area contributed by atoms with Crippen molar-refractivity contribution in [3.05, 3.63) is 41.5 Å². The van der Waals surface area contributed by atoms with Gasteiger partial charge in [-0.1, -0.05) is 30.3 Å². The molecule has 2 heterocycles. The molecule has 2 atom stereocenters. The molecular weight excluding hydrogens is 316 g/mol. The minimum atomic E-state index is 0.153. The van der Waals surface area contributed by atoms with Crippen molar-refractivity contribution in [2.24, 2.45) is 0 Å². The molecule has 3 rings (SSSR count). The molecule has 1 N–H and O–H groups in total. The SMILES string of the molecule is CCC(C)Oc1ccccc1/C=C/c1nc(C2CNCCN2C)no1. The van der Waals surface area contributed by atoms with Gasteiger partial charge >= 0.3 is 0 Å². The molecule has 0 spiro atoms. The maximum Gasteiger partial charge on any atom is 0.250 e. The largest absolute Gasteiger partial charge is 0.490 e. The van der Waals surface area contributed by atoms with Crippen LogP contribution in [0, 0.1) is 0 Å².